The summed E-state index contributed by atoms with van der Waals surface area (Å²) in [6, 6.07) is 8.14. The van der Waals surface area contributed by atoms with Crippen LogP contribution in [0.15, 0.2) is 77.1 Å². The summed E-state index contributed by atoms with van der Waals surface area (Å²) in [6.45, 7) is 0. The lowest BCUT2D eigenvalue weighted by molar-refractivity contribution is 0.475. The Labute approximate surface area is 154 Å². The van der Waals surface area contributed by atoms with Gasteiger partial charge in [-0.2, -0.15) is 0 Å². The highest BCUT2D eigenvalue weighted by molar-refractivity contribution is 6.03. The number of nitrogen functional groups attached to an aromatic ring is 1. The summed E-state index contributed by atoms with van der Waals surface area (Å²) < 4.78 is 27.8. The Hall–Kier alpha value is -3.52. The number of nitrogens with zero attached hydrogens (tertiary/aromatic N) is 2. The number of amidine groups is 1. The van der Waals surface area contributed by atoms with Gasteiger partial charge < -0.3 is 16.3 Å². The van der Waals surface area contributed by atoms with E-state index in [0.717, 1.165) is 5.56 Å². The van der Waals surface area contributed by atoms with E-state index in [9.17, 15) is 13.9 Å². The van der Waals surface area contributed by atoms with Crippen LogP contribution in [0.1, 0.15) is 12.0 Å². The average Bonchev–Trinajstić information content (AvgIpc) is 2.83. The van der Waals surface area contributed by atoms with E-state index in [0.29, 0.717) is 11.1 Å². The molecule has 0 amide bonds. The van der Waals surface area contributed by atoms with Crippen molar-refractivity contribution in [1.29, 1.82) is 0 Å². The van der Waals surface area contributed by atoms with Gasteiger partial charge in [0, 0.05) is 18.2 Å². The van der Waals surface area contributed by atoms with Gasteiger partial charge in [-0.05, 0) is 29.8 Å². The van der Waals surface area contributed by atoms with Crippen LogP contribution in [0.4, 0.5) is 14.6 Å². The van der Waals surface area contributed by atoms with Crippen LogP contribution in [0.25, 0.3) is 11.1 Å². The van der Waals surface area contributed by atoms with E-state index in [1.807, 2.05) is 0 Å². The Kier molecular flexibility index (Phi) is 5.28. The lowest BCUT2D eigenvalue weighted by Gasteiger charge is -2.11. The standard InChI is InChI=1S/C19H17F2N5O/c20-15-3-1-2-4-16(17(15)21)25-19(26-23)14-9-12(10-24-18(14)22)11-5-7-13(27)8-6-11/h1-2,4-10,27H,3,23H2,(H2,22,24)(H,25,26). The molecule has 0 spiro atoms. The Balaban J connectivity index is 2.06. The molecular weight excluding hydrogens is 352 g/mol. The summed E-state index contributed by atoms with van der Waals surface area (Å²) in [5, 5.41) is 9.42. The minimum atomic E-state index is -1.06. The highest BCUT2D eigenvalue weighted by Gasteiger charge is 2.16. The smallest absolute Gasteiger partial charge is 0.180 e. The van der Waals surface area contributed by atoms with Crippen molar-refractivity contribution in [3.05, 3.63) is 77.7 Å². The number of hydrazine groups is 1. The minimum absolute atomic E-state index is 0.0325. The fourth-order valence-corrected chi connectivity index (χ4v) is 2.49. The second-order valence-corrected chi connectivity index (χ2v) is 5.71. The number of anilines is 1. The Morgan fingerprint density at radius 3 is 2.63 bits per heavy atom. The number of rotatable bonds is 3. The molecule has 0 saturated carbocycles. The van der Waals surface area contributed by atoms with Crippen molar-refractivity contribution >= 4 is 11.7 Å². The van der Waals surface area contributed by atoms with E-state index in [4.69, 9.17) is 11.6 Å². The molecule has 8 heteroatoms. The van der Waals surface area contributed by atoms with Crippen LogP contribution >= 0.6 is 0 Å². The largest absolute Gasteiger partial charge is 0.508 e. The van der Waals surface area contributed by atoms with Crippen LogP contribution in [-0.2, 0) is 0 Å². The summed E-state index contributed by atoms with van der Waals surface area (Å²) in [5.74, 6) is 3.84. The summed E-state index contributed by atoms with van der Waals surface area (Å²) in [7, 11) is 0. The van der Waals surface area contributed by atoms with E-state index in [-0.39, 0.29) is 29.5 Å². The van der Waals surface area contributed by atoms with Gasteiger partial charge in [-0.3, -0.25) is 0 Å². The van der Waals surface area contributed by atoms with Crippen LogP contribution in [0.2, 0.25) is 0 Å². The van der Waals surface area contributed by atoms with E-state index in [1.54, 1.807) is 24.4 Å². The first-order valence-electron chi connectivity index (χ1n) is 8.01. The van der Waals surface area contributed by atoms with E-state index >= 15 is 0 Å². The number of nitrogens with two attached hydrogens (primary N) is 2. The maximum Gasteiger partial charge on any atom is 0.180 e. The van der Waals surface area contributed by atoms with Crippen molar-refractivity contribution in [3.8, 4) is 16.9 Å². The number of aliphatic imine (C=N–C) groups is 1. The molecule has 6 nitrogen and oxygen atoms in total. The maximum atomic E-state index is 14.1. The molecule has 0 unspecified atom stereocenters. The second-order valence-electron chi connectivity index (χ2n) is 5.71. The Morgan fingerprint density at radius 2 is 1.93 bits per heavy atom. The number of pyridine rings is 1. The van der Waals surface area contributed by atoms with E-state index < -0.39 is 11.7 Å². The SMILES string of the molecule is NNC(=NC1=CC=CCC(F)=C1F)c1cc(-c2ccc(O)cc2)cnc1N. The van der Waals surface area contributed by atoms with Crippen molar-refractivity contribution in [3.63, 3.8) is 0 Å². The molecule has 0 saturated heterocycles. The third-order valence-corrected chi connectivity index (χ3v) is 3.89. The zero-order valence-electron chi connectivity index (χ0n) is 14.2. The van der Waals surface area contributed by atoms with Crippen molar-refractivity contribution in [2.75, 3.05) is 5.73 Å². The summed E-state index contributed by atoms with van der Waals surface area (Å²) in [5.41, 5.74) is 9.84. The predicted octanol–water partition coefficient (Wildman–Crippen LogP) is 3.24. The van der Waals surface area contributed by atoms with Crippen molar-refractivity contribution < 1.29 is 13.9 Å². The summed E-state index contributed by atoms with van der Waals surface area (Å²) in [4.78, 5) is 8.20. The first kappa shape index (κ1) is 18.3. The van der Waals surface area contributed by atoms with E-state index in [1.165, 1.54) is 30.4 Å². The topological polar surface area (TPSA) is 110 Å². The van der Waals surface area contributed by atoms with Gasteiger partial charge in [0.25, 0.3) is 0 Å². The molecule has 0 radical (unpaired) electrons. The molecule has 0 atom stereocenters. The number of hydrogen-bond donors (Lipinski definition) is 4. The normalized spacial score (nSPS) is 14.8. The molecule has 1 aromatic heterocycles. The van der Waals surface area contributed by atoms with Crippen molar-refractivity contribution in [2.24, 2.45) is 10.8 Å². The number of phenolic OH excluding ortho intramolecular Hbond substituents is 1. The van der Waals surface area contributed by atoms with Gasteiger partial charge in [0.2, 0.25) is 0 Å². The number of aromatic nitrogens is 1. The number of benzene rings is 1. The number of halogens is 2. The molecule has 1 heterocycles. The molecule has 1 aliphatic carbocycles. The quantitative estimate of drug-likeness (QED) is 0.287. The summed E-state index contributed by atoms with van der Waals surface area (Å²) in [6.07, 6.45) is 5.73. The first-order valence-corrected chi connectivity index (χ1v) is 8.01. The first-order chi connectivity index (χ1) is 13.0. The predicted molar refractivity (Wildman–Crippen MR) is 101 cm³/mol. The highest BCUT2D eigenvalue weighted by atomic mass is 19.2. The minimum Gasteiger partial charge on any atom is -0.508 e. The van der Waals surface area contributed by atoms with Crippen LogP contribution in [0.5, 0.6) is 5.75 Å². The number of allylic oxidation sites excluding steroid dienone is 5. The van der Waals surface area contributed by atoms with Gasteiger partial charge >= 0.3 is 0 Å². The van der Waals surface area contributed by atoms with Gasteiger partial charge in [0.05, 0.1) is 5.56 Å². The maximum absolute atomic E-state index is 14.1. The fourth-order valence-electron chi connectivity index (χ4n) is 2.49. The van der Waals surface area contributed by atoms with Crippen LogP contribution < -0.4 is 17.0 Å². The zero-order chi connectivity index (χ0) is 19.4. The van der Waals surface area contributed by atoms with E-state index in [2.05, 4.69) is 15.4 Å². The number of aromatic hydroxyl groups is 1. The zero-order valence-corrected chi connectivity index (χ0v) is 14.2. The number of phenols is 1. The lowest BCUT2D eigenvalue weighted by atomic mass is 10.0. The van der Waals surface area contributed by atoms with Crippen LogP contribution in [-0.4, -0.2) is 15.9 Å². The third kappa shape index (κ3) is 4.01. The molecule has 3 rings (SSSR count). The molecule has 1 aliphatic rings. The monoisotopic (exact) mass is 369 g/mol. The number of nitrogens with one attached hydrogen (secondary N) is 1. The molecule has 1 aromatic carbocycles. The van der Waals surface area contributed by atoms with Gasteiger partial charge in [-0.15, -0.1) is 0 Å². The average molecular weight is 369 g/mol. The lowest BCUT2D eigenvalue weighted by Crippen LogP contribution is -2.32. The number of hydrogen-bond acceptors (Lipinski definition) is 5. The van der Waals surface area contributed by atoms with Crippen LogP contribution in [0.3, 0.4) is 0 Å². The molecule has 0 bridgehead atoms. The molecule has 2 aromatic rings. The molecule has 6 N–H and O–H groups in total. The molecule has 0 fully saturated rings. The molecule has 27 heavy (non-hydrogen) atoms. The molecule has 0 aliphatic heterocycles. The van der Waals surface area contributed by atoms with Gasteiger partial charge in [0.15, 0.2) is 11.7 Å². The van der Waals surface area contributed by atoms with Gasteiger partial charge in [-0.1, -0.05) is 24.3 Å². The highest BCUT2D eigenvalue weighted by Crippen LogP contribution is 2.27. The van der Waals surface area contributed by atoms with Crippen molar-refractivity contribution in [2.45, 2.75) is 6.42 Å². The third-order valence-electron chi connectivity index (χ3n) is 3.89. The fraction of sp³-hybridized carbons (Fsp3) is 0.0526. The van der Waals surface area contributed by atoms with Gasteiger partial charge in [0.1, 0.15) is 23.1 Å². The van der Waals surface area contributed by atoms with Gasteiger partial charge in [-0.25, -0.2) is 24.6 Å². The van der Waals surface area contributed by atoms with Crippen LogP contribution in [0, 0.1) is 0 Å². The molecule has 138 valence electrons. The Bertz CT molecular complexity index is 978. The van der Waals surface area contributed by atoms with Crippen molar-refractivity contribution in [1.82, 2.24) is 10.4 Å². The Morgan fingerprint density at radius 1 is 1.19 bits per heavy atom. The molecular formula is C19H17F2N5O. The summed E-state index contributed by atoms with van der Waals surface area (Å²) >= 11 is 0. The second kappa shape index (κ2) is 7.79.